The lowest BCUT2D eigenvalue weighted by Gasteiger charge is -2.24. The number of piperidine rings is 1. The highest BCUT2D eigenvalue weighted by Gasteiger charge is 2.14. The Kier molecular flexibility index (Phi) is 3.17. The lowest BCUT2D eigenvalue weighted by Crippen LogP contribution is -2.26. The average Bonchev–Trinajstić information content (AvgIpc) is 2.30. The predicted molar refractivity (Wildman–Crippen MR) is 57.0 cm³/mol. The van der Waals surface area contributed by atoms with Crippen LogP contribution >= 0.6 is 0 Å². The van der Waals surface area contributed by atoms with Gasteiger partial charge in [-0.25, -0.2) is 0 Å². The van der Waals surface area contributed by atoms with E-state index in [9.17, 15) is 0 Å². The van der Waals surface area contributed by atoms with E-state index in [0.29, 0.717) is 6.04 Å². The maximum absolute atomic E-state index is 9.04. The number of aliphatic hydroxyl groups is 1. The van der Waals surface area contributed by atoms with Gasteiger partial charge in [-0.1, -0.05) is 30.7 Å². The van der Waals surface area contributed by atoms with Crippen molar-refractivity contribution >= 4 is 0 Å². The van der Waals surface area contributed by atoms with Gasteiger partial charge in [0, 0.05) is 6.04 Å². The SMILES string of the molecule is OCc1cccc([C@@H]2CCCCN2)c1. The van der Waals surface area contributed by atoms with E-state index >= 15 is 0 Å². The molecule has 0 radical (unpaired) electrons. The minimum absolute atomic E-state index is 0.139. The third kappa shape index (κ3) is 2.14. The van der Waals surface area contributed by atoms with Gasteiger partial charge in [-0.3, -0.25) is 0 Å². The summed E-state index contributed by atoms with van der Waals surface area (Å²) >= 11 is 0. The maximum Gasteiger partial charge on any atom is 0.0681 e. The molecule has 2 rings (SSSR count). The van der Waals surface area contributed by atoms with Crippen molar-refractivity contribution in [1.29, 1.82) is 0 Å². The van der Waals surface area contributed by atoms with Crippen LogP contribution in [0.1, 0.15) is 36.4 Å². The zero-order valence-electron chi connectivity index (χ0n) is 8.37. The molecule has 1 saturated heterocycles. The Bertz CT molecular complexity index is 292. The summed E-state index contributed by atoms with van der Waals surface area (Å²) in [5.41, 5.74) is 2.33. The topological polar surface area (TPSA) is 32.3 Å². The van der Waals surface area contributed by atoms with E-state index in [1.54, 1.807) is 0 Å². The van der Waals surface area contributed by atoms with Crippen LogP contribution < -0.4 is 5.32 Å². The molecule has 14 heavy (non-hydrogen) atoms. The van der Waals surface area contributed by atoms with Crippen molar-refractivity contribution in [3.63, 3.8) is 0 Å². The summed E-state index contributed by atoms with van der Waals surface area (Å²) in [4.78, 5) is 0. The zero-order chi connectivity index (χ0) is 9.80. The van der Waals surface area contributed by atoms with Gasteiger partial charge >= 0.3 is 0 Å². The molecule has 2 N–H and O–H groups in total. The molecule has 1 aromatic rings. The maximum atomic E-state index is 9.04. The van der Waals surface area contributed by atoms with Crippen LogP contribution in [0.3, 0.4) is 0 Å². The first-order chi connectivity index (χ1) is 6.90. The third-order valence-corrected chi connectivity index (χ3v) is 2.85. The largest absolute Gasteiger partial charge is 0.392 e. The molecule has 2 heteroatoms. The summed E-state index contributed by atoms with van der Waals surface area (Å²) in [5.74, 6) is 0. The van der Waals surface area contributed by atoms with E-state index in [-0.39, 0.29) is 6.61 Å². The van der Waals surface area contributed by atoms with Crippen molar-refractivity contribution in [2.45, 2.75) is 31.9 Å². The second-order valence-corrected chi connectivity index (χ2v) is 3.91. The van der Waals surface area contributed by atoms with Crippen LogP contribution in [0, 0.1) is 0 Å². The quantitative estimate of drug-likeness (QED) is 0.749. The summed E-state index contributed by atoms with van der Waals surface area (Å²) in [7, 11) is 0. The zero-order valence-corrected chi connectivity index (χ0v) is 8.37. The van der Waals surface area contributed by atoms with Crippen molar-refractivity contribution in [3.05, 3.63) is 35.4 Å². The Morgan fingerprint density at radius 3 is 3.00 bits per heavy atom. The van der Waals surface area contributed by atoms with Gasteiger partial charge in [0.25, 0.3) is 0 Å². The first kappa shape index (κ1) is 9.69. The van der Waals surface area contributed by atoms with Gasteiger partial charge in [-0.2, -0.15) is 0 Å². The third-order valence-electron chi connectivity index (χ3n) is 2.85. The van der Waals surface area contributed by atoms with Gasteiger partial charge < -0.3 is 10.4 Å². The van der Waals surface area contributed by atoms with E-state index in [0.717, 1.165) is 12.1 Å². The monoisotopic (exact) mass is 191 g/mol. The molecule has 1 aliphatic rings. The van der Waals surface area contributed by atoms with Crippen LogP contribution in [0.25, 0.3) is 0 Å². The van der Waals surface area contributed by atoms with E-state index in [1.165, 1.54) is 24.8 Å². The fraction of sp³-hybridized carbons (Fsp3) is 0.500. The van der Waals surface area contributed by atoms with Crippen LogP contribution in [-0.4, -0.2) is 11.7 Å². The Morgan fingerprint density at radius 2 is 2.29 bits per heavy atom. The Balaban J connectivity index is 2.13. The summed E-state index contributed by atoms with van der Waals surface area (Å²) in [6, 6.07) is 8.73. The average molecular weight is 191 g/mol. The van der Waals surface area contributed by atoms with Crippen LogP contribution in [0.2, 0.25) is 0 Å². The van der Waals surface area contributed by atoms with Gasteiger partial charge in [0.2, 0.25) is 0 Å². The second kappa shape index (κ2) is 4.58. The Labute approximate surface area is 85.0 Å². The first-order valence-corrected chi connectivity index (χ1v) is 5.33. The van der Waals surface area contributed by atoms with Crippen molar-refractivity contribution in [1.82, 2.24) is 5.32 Å². The number of benzene rings is 1. The van der Waals surface area contributed by atoms with Crippen LogP contribution in [0.4, 0.5) is 0 Å². The molecule has 1 atom stereocenters. The molecular weight excluding hydrogens is 174 g/mol. The fourth-order valence-corrected chi connectivity index (χ4v) is 2.04. The molecule has 1 heterocycles. The van der Waals surface area contributed by atoms with Gasteiger partial charge in [-0.05, 0) is 30.5 Å². The molecule has 0 spiro atoms. The Morgan fingerprint density at radius 1 is 1.36 bits per heavy atom. The molecule has 1 fully saturated rings. The first-order valence-electron chi connectivity index (χ1n) is 5.33. The molecule has 2 nitrogen and oxygen atoms in total. The lowest BCUT2D eigenvalue weighted by atomic mass is 9.96. The minimum Gasteiger partial charge on any atom is -0.392 e. The van der Waals surface area contributed by atoms with Crippen molar-refractivity contribution < 1.29 is 5.11 Å². The molecule has 76 valence electrons. The van der Waals surface area contributed by atoms with Gasteiger partial charge in [0.1, 0.15) is 0 Å². The van der Waals surface area contributed by atoms with E-state index in [4.69, 9.17) is 5.11 Å². The second-order valence-electron chi connectivity index (χ2n) is 3.91. The summed E-state index contributed by atoms with van der Waals surface area (Å²) < 4.78 is 0. The number of hydrogen-bond donors (Lipinski definition) is 2. The number of aliphatic hydroxyl groups excluding tert-OH is 1. The summed E-state index contributed by atoms with van der Waals surface area (Å²) in [6.07, 6.45) is 3.81. The van der Waals surface area contributed by atoms with Crippen LogP contribution in [-0.2, 0) is 6.61 Å². The molecule has 0 saturated carbocycles. The van der Waals surface area contributed by atoms with Crippen LogP contribution in [0.15, 0.2) is 24.3 Å². The molecule has 0 aromatic heterocycles. The van der Waals surface area contributed by atoms with E-state index < -0.39 is 0 Å². The number of hydrogen-bond acceptors (Lipinski definition) is 2. The normalized spacial score (nSPS) is 22.2. The standard InChI is InChI=1S/C12H17NO/c14-9-10-4-3-5-11(8-10)12-6-1-2-7-13-12/h3-5,8,12-14H,1-2,6-7,9H2/t12-/m0/s1. The van der Waals surface area contributed by atoms with Gasteiger partial charge in [0.05, 0.1) is 6.61 Å². The van der Waals surface area contributed by atoms with Crippen molar-refractivity contribution in [3.8, 4) is 0 Å². The highest BCUT2D eigenvalue weighted by molar-refractivity contribution is 5.25. The van der Waals surface area contributed by atoms with Crippen molar-refractivity contribution in [2.75, 3.05) is 6.54 Å². The minimum atomic E-state index is 0.139. The smallest absolute Gasteiger partial charge is 0.0681 e. The lowest BCUT2D eigenvalue weighted by molar-refractivity contribution is 0.281. The summed E-state index contributed by atoms with van der Waals surface area (Å²) in [5, 5.41) is 12.5. The van der Waals surface area contributed by atoms with E-state index in [2.05, 4.69) is 17.4 Å². The predicted octanol–water partition coefficient (Wildman–Crippen LogP) is 1.99. The van der Waals surface area contributed by atoms with Gasteiger partial charge in [-0.15, -0.1) is 0 Å². The van der Waals surface area contributed by atoms with E-state index in [1.807, 2.05) is 12.1 Å². The highest BCUT2D eigenvalue weighted by atomic mass is 16.3. The highest BCUT2D eigenvalue weighted by Crippen LogP contribution is 2.23. The molecule has 0 amide bonds. The molecule has 0 aliphatic carbocycles. The van der Waals surface area contributed by atoms with Crippen LogP contribution in [0.5, 0.6) is 0 Å². The molecule has 1 aliphatic heterocycles. The molecular formula is C12H17NO. The number of nitrogens with one attached hydrogen (secondary N) is 1. The molecule has 1 aromatic carbocycles. The fourth-order valence-electron chi connectivity index (χ4n) is 2.04. The summed E-state index contributed by atoms with van der Waals surface area (Å²) in [6.45, 7) is 1.26. The number of rotatable bonds is 2. The molecule has 0 unspecified atom stereocenters. The van der Waals surface area contributed by atoms with Crippen molar-refractivity contribution in [2.24, 2.45) is 0 Å². The van der Waals surface area contributed by atoms with Gasteiger partial charge in [0.15, 0.2) is 0 Å². The Hall–Kier alpha value is -0.860. The molecule has 0 bridgehead atoms.